The predicted molar refractivity (Wildman–Crippen MR) is 89.4 cm³/mol. The van der Waals surface area contributed by atoms with Crippen molar-refractivity contribution in [3.05, 3.63) is 59.9 Å². The largest absolute Gasteiger partial charge is 0.487 e. The molecule has 0 saturated heterocycles. The van der Waals surface area contributed by atoms with E-state index in [2.05, 4.69) is 24.1 Å². The average Bonchev–Trinajstić information content (AvgIpc) is 2.62. The molecule has 0 aliphatic carbocycles. The number of ether oxygens (including phenoxy) is 1. The quantitative estimate of drug-likeness (QED) is 0.932. The summed E-state index contributed by atoms with van der Waals surface area (Å²) in [5.41, 5.74) is 1.40. The molecule has 1 aromatic heterocycles. The van der Waals surface area contributed by atoms with Gasteiger partial charge in [-0.25, -0.2) is 0 Å². The minimum Gasteiger partial charge on any atom is -0.487 e. The van der Waals surface area contributed by atoms with Gasteiger partial charge in [0.15, 0.2) is 0 Å². The SMILES string of the molecule is CCC1(CC)C[C@@H](NC(=O)c2cccnc2)c2ccccc2O1. The lowest BCUT2D eigenvalue weighted by molar-refractivity contribution is 0.0227. The van der Waals surface area contributed by atoms with Crippen LogP contribution in [0.4, 0.5) is 0 Å². The first-order chi connectivity index (χ1) is 11.2. The Bertz CT molecular complexity index is 681. The number of fused-ring (bicyclic) bond motifs is 1. The second kappa shape index (κ2) is 6.41. The number of nitrogens with one attached hydrogen (secondary N) is 1. The van der Waals surface area contributed by atoms with Crippen molar-refractivity contribution < 1.29 is 9.53 Å². The lowest BCUT2D eigenvalue weighted by Gasteiger charge is -2.41. The van der Waals surface area contributed by atoms with E-state index >= 15 is 0 Å². The first kappa shape index (κ1) is 15.5. The smallest absolute Gasteiger partial charge is 0.253 e. The van der Waals surface area contributed by atoms with Crippen LogP contribution in [0.15, 0.2) is 48.8 Å². The van der Waals surface area contributed by atoms with Crippen LogP contribution in [-0.4, -0.2) is 16.5 Å². The topological polar surface area (TPSA) is 51.2 Å². The molecule has 4 heteroatoms. The standard InChI is InChI=1S/C19H22N2O2/c1-3-19(4-2)12-16(15-9-5-6-10-17(15)23-19)21-18(22)14-8-7-11-20-13-14/h5-11,13,16H,3-4,12H2,1-2H3,(H,21,22)/t16-/m1/s1. The maximum absolute atomic E-state index is 12.5. The van der Waals surface area contributed by atoms with Crippen LogP contribution in [0.5, 0.6) is 5.75 Å². The highest BCUT2D eigenvalue weighted by molar-refractivity contribution is 5.94. The number of carbonyl (C=O) groups is 1. The number of amides is 1. The van der Waals surface area contributed by atoms with E-state index in [1.165, 1.54) is 0 Å². The number of nitrogens with zero attached hydrogens (tertiary/aromatic N) is 1. The number of pyridine rings is 1. The highest BCUT2D eigenvalue weighted by Gasteiger charge is 2.38. The van der Waals surface area contributed by atoms with Gasteiger partial charge in [-0.2, -0.15) is 0 Å². The monoisotopic (exact) mass is 310 g/mol. The van der Waals surface area contributed by atoms with Gasteiger partial charge < -0.3 is 10.1 Å². The second-order valence-electron chi connectivity index (χ2n) is 6.00. The maximum Gasteiger partial charge on any atom is 0.253 e. The van der Waals surface area contributed by atoms with E-state index in [9.17, 15) is 4.79 Å². The van der Waals surface area contributed by atoms with Crippen LogP contribution in [0.3, 0.4) is 0 Å². The van der Waals surface area contributed by atoms with Gasteiger partial charge in [-0.3, -0.25) is 9.78 Å². The van der Waals surface area contributed by atoms with Crippen LogP contribution in [0.1, 0.15) is 55.1 Å². The van der Waals surface area contributed by atoms with Crippen LogP contribution in [0.2, 0.25) is 0 Å². The van der Waals surface area contributed by atoms with Crippen LogP contribution in [0.25, 0.3) is 0 Å². The summed E-state index contributed by atoms with van der Waals surface area (Å²) in [7, 11) is 0. The molecule has 120 valence electrons. The summed E-state index contributed by atoms with van der Waals surface area (Å²) >= 11 is 0. The Labute approximate surface area is 136 Å². The third-order valence-electron chi connectivity index (χ3n) is 4.71. The Morgan fingerprint density at radius 1 is 1.26 bits per heavy atom. The summed E-state index contributed by atoms with van der Waals surface area (Å²) in [5.74, 6) is 0.778. The molecular formula is C19H22N2O2. The average molecular weight is 310 g/mol. The molecule has 1 aliphatic rings. The molecule has 0 spiro atoms. The van der Waals surface area contributed by atoms with Crippen LogP contribution >= 0.6 is 0 Å². The summed E-state index contributed by atoms with van der Waals surface area (Å²) in [6, 6.07) is 11.5. The van der Waals surface area contributed by atoms with Crippen molar-refractivity contribution in [2.45, 2.75) is 44.8 Å². The number of rotatable bonds is 4. The Morgan fingerprint density at radius 3 is 2.74 bits per heavy atom. The highest BCUT2D eigenvalue weighted by atomic mass is 16.5. The Kier molecular flexibility index (Phi) is 4.33. The van der Waals surface area contributed by atoms with Gasteiger partial charge in [0.05, 0.1) is 11.6 Å². The van der Waals surface area contributed by atoms with Crippen LogP contribution in [0, 0.1) is 0 Å². The van der Waals surface area contributed by atoms with Crippen molar-refractivity contribution in [2.75, 3.05) is 0 Å². The van der Waals surface area contributed by atoms with Gasteiger partial charge in [0.2, 0.25) is 0 Å². The minimum absolute atomic E-state index is 0.0486. The summed E-state index contributed by atoms with van der Waals surface area (Å²) < 4.78 is 6.27. The van der Waals surface area contributed by atoms with Crippen molar-refractivity contribution in [3.8, 4) is 5.75 Å². The molecule has 1 atom stereocenters. The number of hydrogen-bond donors (Lipinski definition) is 1. The Morgan fingerprint density at radius 2 is 2.04 bits per heavy atom. The molecule has 1 amide bonds. The summed E-state index contributed by atoms with van der Waals surface area (Å²) in [6.07, 6.45) is 5.87. The Balaban J connectivity index is 1.89. The zero-order valence-electron chi connectivity index (χ0n) is 13.6. The van der Waals surface area contributed by atoms with Crippen LogP contribution < -0.4 is 10.1 Å². The molecular weight excluding hydrogens is 288 g/mol. The fourth-order valence-corrected chi connectivity index (χ4v) is 3.17. The van der Waals surface area contributed by atoms with E-state index < -0.39 is 0 Å². The lowest BCUT2D eigenvalue weighted by Crippen LogP contribution is -2.44. The predicted octanol–water partition coefficient (Wildman–Crippen LogP) is 3.89. The molecule has 2 heterocycles. The number of benzene rings is 1. The van der Waals surface area contributed by atoms with E-state index in [-0.39, 0.29) is 17.6 Å². The number of carbonyl (C=O) groups excluding carboxylic acids is 1. The molecule has 4 nitrogen and oxygen atoms in total. The lowest BCUT2D eigenvalue weighted by atomic mass is 9.83. The normalized spacial score (nSPS) is 18.6. The molecule has 0 bridgehead atoms. The van der Waals surface area contributed by atoms with Gasteiger partial charge in [-0.15, -0.1) is 0 Å². The van der Waals surface area contributed by atoms with E-state index in [1.54, 1.807) is 24.5 Å². The third-order valence-corrected chi connectivity index (χ3v) is 4.71. The zero-order valence-corrected chi connectivity index (χ0v) is 13.6. The molecule has 0 saturated carbocycles. The van der Waals surface area contributed by atoms with Gasteiger partial charge in [-0.05, 0) is 31.0 Å². The van der Waals surface area contributed by atoms with E-state index in [0.29, 0.717) is 5.56 Å². The molecule has 0 radical (unpaired) electrons. The number of para-hydroxylation sites is 1. The molecule has 2 aromatic rings. The molecule has 3 rings (SSSR count). The second-order valence-corrected chi connectivity index (χ2v) is 6.00. The first-order valence-corrected chi connectivity index (χ1v) is 8.16. The molecule has 0 unspecified atom stereocenters. The molecule has 1 aromatic carbocycles. The molecule has 1 aliphatic heterocycles. The fraction of sp³-hybridized carbons (Fsp3) is 0.368. The van der Waals surface area contributed by atoms with Gasteiger partial charge in [0.25, 0.3) is 5.91 Å². The van der Waals surface area contributed by atoms with Crippen molar-refractivity contribution in [1.29, 1.82) is 0 Å². The van der Waals surface area contributed by atoms with E-state index in [1.807, 2.05) is 24.3 Å². The van der Waals surface area contributed by atoms with Gasteiger partial charge >= 0.3 is 0 Å². The van der Waals surface area contributed by atoms with Crippen molar-refractivity contribution in [2.24, 2.45) is 0 Å². The van der Waals surface area contributed by atoms with Gasteiger partial charge in [0.1, 0.15) is 11.4 Å². The van der Waals surface area contributed by atoms with Gasteiger partial charge in [0, 0.05) is 24.4 Å². The number of hydrogen-bond acceptors (Lipinski definition) is 3. The minimum atomic E-state index is -0.221. The summed E-state index contributed by atoms with van der Waals surface area (Å²) in [5, 5.41) is 3.16. The van der Waals surface area contributed by atoms with E-state index in [4.69, 9.17) is 4.74 Å². The maximum atomic E-state index is 12.5. The summed E-state index contributed by atoms with van der Waals surface area (Å²) in [4.78, 5) is 16.5. The van der Waals surface area contributed by atoms with Crippen molar-refractivity contribution >= 4 is 5.91 Å². The van der Waals surface area contributed by atoms with Crippen molar-refractivity contribution in [1.82, 2.24) is 10.3 Å². The fourth-order valence-electron chi connectivity index (χ4n) is 3.17. The summed E-state index contributed by atoms with van der Waals surface area (Å²) in [6.45, 7) is 4.27. The third kappa shape index (κ3) is 3.07. The zero-order chi connectivity index (χ0) is 16.3. The molecule has 0 fully saturated rings. The first-order valence-electron chi connectivity index (χ1n) is 8.16. The number of aromatic nitrogens is 1. The molecule has 23 heavy (non-hydrogen) atoms. The van der Waals surface area contributed by atoms with Crippen molar-refractivity contribution in [3.63, 3.8) is 0 Å². The van der Waals surface area contributed by atoms with Crippen LogP contribution in [-0.2, 0) is 0 Å². The Hall–Kier alpha value is -2.36. The molecule has 1 N–H and O–H groups in total. The highest BCUT2D eigenvalue weighted by Crippen LogP contribution is 2.42. The van der Waals surface area contributed by atoms with Gasteiger partial charge in [-0.1, -0.05) is 32.0 Å². The van der Waals surface area contributed by atoms with E-state index in [0.717, 1.165) is 30.6 Å².